The fourth-order valence-corrected chi connectivity index (χ4v) is 4.50. The second-order valence-corrected chi connectivity index (χ2v) is 7.50. The Hall–Kier alpha value is -1.95. The lowest BCUT2D eigenvalue weighted by Gasteiger charge is -2.16. The molecule has 24 heavy (non-hydrogen) atoms. The van der Waals surface area contributed by atoms with Crippen molar-refractivity contribution >= 4 is 23.5 Å². The van der Waals surface area contributed by atoms with Gasteiger partial charge in [0.1, 0.15) is 11.6 Å². The van der Waals surface area contributed by atoms with Crippen molar-refractivity contribution in [1.29, 1.82) is 0 Å². The van der Waals surface area contributed by atoms with Crippen LogP contribution in [0.25, 0.3) is 0 Å². The maximum atomic E-state index is 11.9. The summed E-state index contributed by atoms with van der Waals surface area (Å²) >= 11 is 1.63. The number of carbonyl (C=O) groups excluding carboxylic acids is 1. The lowest BCUT2D eigenvalue weighted by Crippen LogP contribution is -2.15. The van der Waals surface area contributed by atoms with Gasteiger partial charge in [0, 0.05) is 12.6 Å². The quantitative estimate of drug-likeness (QED) is 0.926. The Bertz CT molecular complexity index is 735. The van der Waals surface area contributed by atoms with E-state index in [9.17, 15) is 4.79 Å². The Morgan fingerprint density at radius 1 is 1.25 bits per heavy atom. The van der Waals surface area contributed by atoms with E-state index >= 15 is 0 Å². The van der Waals surface area contributed by atoms with E-state index in [0.29, 0.717) is 11.9 Å². The van der Waals surface area contributed by atoms with E-state index in [0.717, 1.165) is 30.0 Å². The maximum Gasteiger partial charge on any atom is 0.235 e. The highest BCUT2D eigenvalue weighted by atomic mass is 32.2. The second-order valence-electron chi connectivity index (χ2n) is 6.40. The van der Waals surface area contributed by atoms with E-state index < -0.39 is 0 Å². The van der Waals surface area contributed by atoms with Crippen LogP contribution in [0.2, 0.25) is 0 Å². The first-order chi connectivity index (χ1) is 11.7. The van der Waals surface area contributed by atoms with Gasteiger partial charge >= 0.3 is 0 Å². The van der Waals surface area contributed by atoms with Gasteiger partial charge in [-0.15, -0.1) is 11.8 Å². The van der Waals surface area contributed by atoms with Gasteiger partial charge < -0.3 is 10.1 Å². The van der Waals surface area contributed by atoms with Crippen LogP contribution >= 0.6 is 11.8 Å². The van der Waals surface area contributed by atoms with Crippen LogP contribution in [-0.2, 0) is 11.8 Å². The largest absolute Gasteiger partial charge is 0.490 e. The summed E-state index contributed by atoms with van der Waals surface area (Å²) < 4.78 is 7.77. The Balaban J connectivity index is 1.57. The highest BCUT2D eigenvalue weighted by molar-refractivity contribution is 8.00. The average Bonchev–Trinajstić information content (AvgIpc) is 3.17. The van der Waals surface area contributed by atoms with Crippen LogP contribution < -0.4 is 10.1 Å². The summed E-state index contributed by atoms with van der Waals surface area (Å²) in [5.74, 6) is 2.19. The first-order valence-electron chi connectivity index (χ1n) is 8.40. The minimum atomic E-state index is 0.0218. The fourth-order valence-electron chi connectivity index (χ4n) is 3.41. The van der Waals surface area contributed by atoms with Crippen LogP contribution in [0, 0.1) is 0 Å². The van der Waals surface area contributed by atoms with E-state index in [1.165, 1.54) is 18.4 Å². The summed E-state index contributed by atoms with van der Waals surface area (Å²) in [6.45, 7) is 0. The molecule has 1 saturated carbocycles. The van der Waals surface area contributed by atoms with Gasteiger partial charge in [0.25, 0.3) is 0 Å². The van der Waals surface area contributed by atoms with Gasteiger partial charge in [0.2, 0.25) is 5.91 Å². The molecule has 126 valence electrons. The summed E-state index contributed by atoms with van der Waals surface area (Å²) in [6, 6.07) is 8.30. The zero-order chi connectivity index (χ0) is 16.5. The number of carbonyl (C=O) groups is 1. The Morgan fingerprint density at radius 2 is 2.00 bits per heavy atom. The molecule has 1 aromatic carbocycles. The summed E-state index contributed by atoms with van der Waals surface area (Å²) in [7, 11) is 1.85. The molecule has 1 aliphatic carbocycles. The summed E-state index contributed by atoms with van der Waals surface area (Å²) in [5.41, 5.74) is 2.22. The highest BCUT2D eigenvalue weighted by Crippen LogP contribution is 2.41. The van der Waals surface area contributed by atoms with Gasteiger partial charge in [-0.05, 0) is 43.4 Å². The van der Waals surface area contributed by atoms with Crippen LogP contribution in [0.5, 0.6) is 5.75 Å². The van der Waals surface area contributed by atoms with Crippen LogP contribution in [0.3, 0.4) is 0 Å². The number of hydrogen-bond donors (Lipinski definition) is 1. The molecule has 0 unspecified atom stereocenters. The number of fused-ring (bicyclic) bond motifs is 1. The summed E-state index contributed by atoms with van der Waals surface area (Å²) in [6.07, 6.45) is 7.08. The Kier molecular flexibility index (Phi) is 4.22. The molecule has 4 rings (SSSR count). The van der Waals surface area contributed by atoms with Crippen molar-refractivity contribution in [1.82, 2.24) is 9.78 Å². The molecule has 0 bridgehead atoms. The van der Waals surface area contributed by atoms with E-state index in [1.807, 2.05) is 25.4 Å². The number of thioether (sulfide) groups is 1. The van der Waals surface area contributed by atoms with Gasteiger partial charge in [0.15, 0.2) is 0 Å². The molecule has 1 amide bonds. The number of aryl methyl sites for hydroxylation is 1. The van der Waals surface area contributed by atoms with Crippen LogP contribution in [0.15, 0.2) is 30.5 Å². The molecule has 2 heterocycles. The van der Waals surface area contributed by atoms with E-state index in [4.69, 9.17) is 4.74 Å². The number of nitrogens with one attached hydrogen (secondary N) is 1. The maximum absolute atomic E-state index is 11.9. The smallest absolute Gasteiger partial charge is 0.235 e. The van der Waals surface area contributed by atoms with Crippen LogP contribution in [-0.4, -0.2) is 27.5 Å². The van der Waals surface area contributed by atoms with Crippen molar-refractivity contribution in [2.75, 3.05) is 11.1 Å². The molecule has 1 N–H and O–H groups in total. The molecule has 0 radical (unpaired) electrons. The third kappa shape index (κ3) is 3.02. The molecule has 1 aliphatic heterocycles. The van der Waals surface area contributed by atoms with Crippen molar-refractivity contribution < 1.29 is 9.53 Å². The highest BCUT2D eigenvalue weighted by Gasteiger charge is 2.27. The molecule has 5 nitrogen and oxygen atoms in total. The molecule has 1 fully saturated rings. The number of hydrogen-bond acceptors (Lipinski definition) is 4. The monoisotopic (exact) mass is 343 g/mol. The summed E-state index contributed by atoms with van der Waals surface area (Å²) in [5, 5.41) is 7.35. The fraction of sp³-hybridized carbons (Fsp3) is 0.444. The van der Waals surface area contributed by atoms with Gasteiger partial charge in [0.05, 0.1) is 23.3 Å². The number of rotatable bonds is 3. The van der Waals surface area contributed by atoms with Crippen LogP contribution in [0.1, 0.15) is 42.1 Å². The first kappa shape index (κ1) is 15.6. The number of ether oxygens (including phenoxy) is 1. The minimum Gasteiger partial charge on any atom is -0.490 e. The molecule has 2 aliphatic rings. The number of amides is 1. The summed E-state index contributed by atoms with van der Waals surface area (Å²) in [4.78, 5) is 11.9. The van der Waals surface area contributed by atoms with E-state index in [-0.39, 0.29) is 11.2 Å². The molecule has 0 spiro atoms. The lowest BCUT2D eigenvalue weighted by atomic mass is 10.1. The Labute approximate surface area is 145 Å². The zero-order valence-electron chi connectivity index (χ0n) is 13.7. The normalized spacial score (nSPS) is 21.2. The number of anilines is 1. The van der Waals surface area contributed by atoms with Gasteiger partial charge in [-0.25, -0.2) is 0 Å². The molecule has 1 aromatic heterocycles. The molecule has 6 heteroatoms. The van der Waals surface area contributed by atoms with Crippen molar-refractivity contribution in [3.8, 4) is 5.75 Å². The standard InChI is InChI=1S/C18H21N3O2S/c1-21-18-15(10-19-21)17(24-11-16(22)20-18)12-6-8-14(9-7-12)23-13-4-2-3-5-13/h6-10,13,17H,2-5,11H2,1H3,(H,20,22)/t17-/m1/s1. The van der Waals surface area contributed by atoms with Gasteiger partial charge in [-0.3, -0.25) is 9.48 Å². The molecular weight excluding hydrogens is 322 g/mol. The number of nitrogens with zero attached hydrogens (tertiary/aromatic N) is 2. The first-order valence-corrected chi connectivity index (χ1v) is 9.45. The lowest BCUT2D eigenvalue weighted by molar-refractivity contribution is -0.113. The van der Waals surface area contributed by atoms with E-state index in [1.54, 1.807) is 16.4 Å². The number of aromatic nitrogens is 2. The molecular formula is C18H21N3O2S. The zero-order valence-corrected chi connectivity index (χ0v) is 14.5. The van der Waals surface area contributed by atoms with Crippen molar-refractivity contribution in [2.45, 2.75) is 37.0 Å². The van der Waals surface area contributed by atoms with Crippen molar-refractivity contribution in [2.24, 2.45) is 7.05 Å². The minimum absolute atomic E-state index is 0.0218. The molecule has 1 atom stereocenters. The Morgan fingerprint density at radius 3 is 2.75 bits per heavy atom. The topological polar surface area (TPSA) is 56.2 Å². The average molecular weight is 343 g/mol. The van der Waals surface area contributed by atoms with Crippen LogP contribution in [0.4, 0.5) is 5.82 Å². The third-order valence-electron chi connectivity index (χ3n) is 4.68. The second kappa shape index (κ2) is 6.51. The number of benzene rings is 1. The molecule has 2 aromatic rings. The van der Waals surface area contributed by atoms with Crippen molar-refractivity contribution in [3.63, 3.8) is 0 Å². The van der Waals surface area contributed by atoms with E-state index in [2.05, 4.69) is 22.5 Å². The third-order valence-corrected chi connectivity index (χ3v) is 5.96. The SMILES string of the molecule is Cn1ncc2c1NC(=O)CS[C@@H]2c1ccc(OC2CCCC2)cc1. The predicted octanol–water partition coefficient (Wildman–Crippen LogP) is 3.52. The van der Waals surface area contributed by atoms with Crippen molar-refractivity contribution in [3.05, 3.63) is 41.6 Å². The predicted molar refractivity (Wildman–Crippen MR) is 95.5 cm³/mol. The molecule has 0 saturated heterocycles. The van der Waals surface area contributed by atoms with Gasteiger partial charge in [-0.2, -0.15) is 5.10 Å². The van der Waals surface area contributed by atoms with Gasteiger partial charge in [-0.1, -0.05) is 12.1 Å².